The molecule has 0 aromatic heterocycles. The largest absolute Gasteiger partial charge is 0.395 e. The Labute approximate surface area is 145 Å². The van der Waals surface area contributed by atoms with Crippen LogP contribution in [0, 0.1) is 17.6 Å². The molecular formula is C18H19F2NO3S. The third-order valence-electron chi connectivity index (χ3n) is 4.39. The molecule has 1 fully saturated rings. The minimum Gasteiger partial charge on any atom is -0.395 e. The van der Waals surface area contributed by atoms with Gasteiger partial charge in [-0.25, -0.2) is 17.2 Å². The van der Waals surface area contributed by atoms with Crippen LogP contribution in [0.1, 0.15) is 18.4 Å². The normalized spacial score (nSPS) is 16.2. The highest BCUT2D eigenvalue weighted by atomic mass is 32.2. The van der Waals surface area contributed by atoms with Crippen LogP contribution in [0.25, 0.3) is 0 Å². The Kier molecular flexibility index (Phi) is 5.17. The molecule has 0 bridgehead atoms. The number of hydrogen-bond acceptors (Lipinski definition) is 3. The number of rotatable bonds is 7. The lowest BCUT2D eigenvalue weighted by Crippen LogP contribution is -2.43. The predicted molar refractivity (Wildman–Crippen MR) is 89.1 cm³/mol. The van der Waals surface area contributed by atoms with E-state index in [0.29, 0.717) is 5.56 Å². The molecule has 0 heterocycles. The smallest absolute Gasteiger partial charge is 0.249 e. The quantitative estimate of drug-likeness (QED) is 0.819. The van der Waals surface area contributed by atoms with Gasteiger partial charge in [-0.15, -0.1) is 0 Å². The summed E-state index contributed by atoms with van der Waals surface area (Å²) in [6.45, 7) is -0.453. The van der Waals surface area contributed by atoms with Gasteiger partial charge in [0.1, 0.15) is 11.6 Å². The van der Waals surface area contributed by atoms with Crippen molar-refractivity contribution in [3.05, 3.63) is 65.7 Å². The predicted octanol–water partition coefficient (Wildman–Crippen LogP) is 2.93. The number of nitrogens with zero attached hydrogens (tertiary/aromatic N) is 1. The van der Waals surface area contributed by atoms with Gasteiger partial charge in [-0.1, -0.05) is 36.4 Å². The van der Waals surface area contributed by atoms with E-state index in [2.05, 4.69) is 0 Å². The van der Waals surface area contributed by atoms with Gasteiger partial charge in [0, 0.05) is 6.54 Å². The lowest BCUT2D eigenvalue weighted by atomic mass is 10.1. The van der Waals surface area contributed by atoms with Gasteiger partial charge >= 0.3 is 0 Å². The lowest BCUT2D eigenvalue weighted by molar-refractivity contribution is 0.166. The number of benzene rings is 2. The number of aliphatic hydroxyl groups is 1. The SMILES string of the molecule is O=S(=O)(c1c(F)cccc1F)N(Cc1ccccc1)[C@H](CO)C1CC1. The maximum atomic E-state index is 14.1. The van der Waals surface area contributed by atoms with Crippen molar-refractivity contribution in [1.29, 1.82) is 0 Å². The molecule has 1 atom stereocenters. The molecule has 2 aromatic rings. The molecule has 0 saturated heterocycles. The van der Waals surface area contributed by atoms with Gasteiger partial charge in [-0.05, 0) is 36.5 Å². The van der Waals surface area contributed by atoms with E-state index in [4.69, 9.17) is 0 Å². The Morgan fingerprint density at radius 1 is 1.04 bits per heavy atom. The molecule has 1 N–H and O–H groups in total. The first-order valence-corrected chi connectivity index (χ1v) is 9.50. The first-order chi connectivity index (χ1) is 11.9. The average molecular weight is 367 g/mol. The van der Waals surface area contributed by atoms with E-state index in [1.54, 1.807) is 30.3 Å². The zero-order valence-corrected chi connectivity index (χ0v) is 14.3. The Bertz CT molecular complexity index is 818. The molecule has 0 unspecified atom stereocenters. The topological polar surface area (TPSA) is 57.6 Å². The fourth-order valence-corrected chi connectivity index (χ4v) is 4.72. The summed E-state index contributed by atoms with van der Waals surface area (Å²) >= 11 is 0. The molecule has 0 aliphatic heterocycles. The van der Waals surface area contributed by atoms with E-state index in [9.17, 15) is 22.3 Å². The van der Waals surface area contributed by atoms with Crippen LogP contribution in [-0.4, -0.2) is 30.5 Å². The molecule has 0 radical (unpaired) electrons. The highest BCUT2D eigenvalue weighted by molar-refractivity contribution is 7.89. The maximum Gasteiger partial charge on any atom is 0.249 e. The highest BCUT2D eigenvalue weighted by Gasteiger charge is 2.42. The van der Waals surface area contributed by atoms with Gasteiger partial charge in [0.15, 0.2) is 4.90 Å². The van der Waals surface area contributed by atoms with Crippen molar-refractivity contribution in [2.24, 2.45) is 5.92 Å². The molecule has 0 spiro atoms. The number of halogens is 2. The maximum absolute atomic E-state index is 14.1. The summed E-state index contributed by atoms with van der Waals surface area (Å²) in [5, 5.41) is 9.74. The van der Waals surface area contributed by atoms with E-state index >= 15 is 0 Å². The third kappa shape index (κ3) is 3.73. The molecule has 134 valence electrons. The summed E-state index contributed by atoms with van der Waals surface area (Å²) in [7, 11) is -4.45. The molecule has 1 saturated carbocycles. The second-order valence-corrected chi connectivity index (χ2v) is 8.00. The number of aliphatic hydroxyl groups excluding tert-OH is 1. The van der Waals surface area contributed by atoms with Crippen molar-refractivity contribution >= 4 is 10.0 Å². The van der Waals surface area contributed by atoms with E-state index in [-0.39, 0.29) is 12.5 Å². The molecule has 25 heavy (non-hydrogen) atoms. The minimum atomic E-state index is -4.45. The first kappa shape index (κ1) is 18.0. The van der Waals surface area contributed by atoms with Crippen molar-refractivity contribution in [2.75, 3.05) is 6.61 Å². The van der Waals surface area contributed by atoms with Crippen molar-refractivity contribution in [2.45, 2.75) is 30.3 Å². The van der Waals surface area contributed by atoms with Crippen molar-refractivity contribution in [3.63, 3.8) is 0 Å². The Morgan fingerprint density at radius 3 is 2.16 bits per heavy atom. The minimum absolute atomic E-state index is 0.00155. The number of sulfonamides is 1. The van der Waals surface area contributed by atoms with Gasteiger partial charge in [0.2, 0.25) is 10.0 Å². The fraction of sp³-hybridized carbons (Fsp3) is 0.333. The third-order valence-corrected chi connectivity index (χ3v) is 6.31. The van der Waals surface area contributed by atoms with Crippen molar-refractivity contribution in [3.8, 4) is 0 Å². The van der Waals surface area contributed by atoms with Gasteiger partial charge < -0.3 is 5.11 Å². The van der Waals surface area contributed by atoms with Crippen molar-refractivity contribution < 1.29 is 22.3 Å². The molecule has 4 nitrogen and oxygen atoms in total. The summed E-state index contributed by atoms with van der Waals surface area (Å²) in [6, 6.07) is 11.0. The molecule has 1 aliphatic rings. The molecule has 7 heteroatoms. The summed E-state index contributed by atoms with van der Waals surface area (Å²) in [4.78, 5) is -0.968. The van der Waals surface area contributed by atoms with Crippen LogP contribution in [-0.2, 0) is 16.6 Å². The van der Waals surface area contributed by atoms with Crippen LogP contribution in [0.15, 0.2) is 53.4 Å². The van der Waals surface area contributed by atoms with E-state index < -0.39 is 39.2 Å². The molecule has 1 aliphatic carbocycles. The first-order valence-electron chi connectivity index (χ1n) is 8.05. The molecular weight excluding hydrogens is 348 g/mol. The van der Waals surface area contributed by atoms with Crippen LogP contribution in [0.2, 0.25) is 0 Å². The Hall–Kier alpha value is -1.83. The molecule has 2 aromatic carbocycles. The average Bonchev–Trinajstić information content (AvgIpc) is 3.40. The van der Waals surface area contributed by atoms with Gasteiger partial charge in [-0.3, -0.25) is 0 Å². The zero-order valence-electron chi connectivity index (χ0n) is 13.5. The summed E-state index contributed by atoms with van der Waals surface area (Å²) in [5.41, 5.74) is 0.682. The van der Waals surface area contributed by atoms with Gasteiger partial charge in [0.25, 0.3) is 0 Å². The fourth-order valence-electron chi connectivity index (χ4n) is 2.95. The lowest BCUT2D eigenvalue weighted by Gasteiger charge is -2.30. The van der Waals surface area contributed by atoms with E-state index in [1.807, 2.05) is 0 Å². The second-order valence-electron chi connectivity index (χ2n) is 6.17. The summed E-state index contributed by atoms with van der Waals surface area (Å²) in [6.07, 6.45) is 1.57. The number of hydrogen-bond donors (Lipinski definition) is 1. The summed E-state index contributed by atoms with van der Waals surface area (Å²) in [5.74, 6) is -2.27. The van der Waals surface area contributed by atoms with Gasteiger partial charge in [0.05, 0.1) is 12.6 Å². The summed E-state index contributed by atoms with van der Waals surface area (Å²) < 4.78 is 55.4. The molecule has 0 amide bonds. The zero-order chi connectivity index (χ0) is 18.0. The Morgan fingerprint density at radius 2 is 1.64 bits per heavy atom. The molecule has 3 rings (SSSR count). The van der Waals surface area contributed by atoms with Crippen molar-refractivity contribution in [1.82, 2.24) is 4.31 Å². The van der Waals surface area contributed by atoms with E-state index in [1.165, 1.54) is 0 Å². The van der Waals surface area contributed by atoms with Crippen LogP contribution in [0.3, 0.4) is 0 Å². The highest BCUT2D eigenvalue weighted by Crippen LogP contribution is 2.38. The van der Waals surface area contributed by atoms with Gasteiger partial charge in [-0.2, -0.15) is 4.31 Å². The monoisotopic (exact) mass is 367 g/mol. The standard InChI is InChI=1S/C18H19F2NO3S/c19-15-7-4-8-16(20)18(15)25(23,24)21(17(12-22)14-9-10-14)11-13-5-2-1-3-6-13/h1-8,14,17,22H,9-12H2/t17-/m1/s1. The second kappa shape index (κ2) is 7.19. The van der Waals surface area contributed by atoms with E-state index in [0.717, 1.165) is 35.3 Å². The van der Waals surface area contributed by atoms with Crippen LogP contribution < -0.4 is 0 Å². The van der Waals surface area contributed by atoms with Crippen LogP contribution >= 0.6 is 0 Å². The van der Waals surface area contributed by atoms with Crippen LogP contribution in [0.5, 0.6) is 0 Å². The van der Waals surface area contributed by atoms with Crippen LogP contribution in [0.4, 0.5) is 8.78 Å². The Balaban J connectivity index is 2.06.